The van der Waals surface area contributed by atoms with Crippen molar-refractivity contribution in [3.63, 3.8) is 0 Å². The Morgan fingerprint density at radius 3 is 2.14 bits per heavy atom. The van der Waals surface area contributed by atoms with E-state index < -0.39 is 10.0 Å². The van der Waals surface area contributed by atoms with E-state index in [2.05, 4.69) is 27.2 Å². The van der Waals surface area contributed by atoms with E-state index in [0.717, 1.165) is 12.1 Å². The Balaban J connectivity index is 2.02. The van der Waals surface area contributed by atoms with Gasteiger partial charge in [-0.05, 0) is 42.7 Å². The molecule has 1 aromatic carbocycles. The van der Waals surface area contributed by atoms with Crippen LogP contribution in [0.1, 0.15) is 25.8 Å². The molecule has 22 heavy (non-hydrogen) atoms. The quantitative estimate of drug-likeness (QED) is 0.819. The zero-order valence-corrected chi connectivity index (χ0v) is 13.5. The molecule has 2 aromatic rings. The maximum atomic E-state index is 11.6. The van der Waals surface area contributed by atoms with Crippen LogP contribution in [0.15, 0.2) is 36.4 Å². The molecule has 2 rings (SSSR count). The lowest BCUT2D eigenvalue weighted by molar-refractivity contribution is 0.599. The summed E-state index contributed by atoms with van der Waals surface area (Å²) >= 11 is 0. The van der Waals surface area contributed by atoms with Crippen molar-refractivity contribution in [3.8, 4) is 0 Å². The van der Waals surface area contributed by atoms with Gasteiger partial charge in [0.05, 0.1) is 5.75 Å². The topological polar surface area (TPSA) is 84.0 Å². The maximum Gasteiger partial charge on any atom is 0.233 e. The molecule has 2 N–H and O–H groups in total. The molecule has 0 aliphatic rings. The lowest BCUT2D eigenvalue weighted by atomic mass is 10.1. The third-order valence-electron chi connectivity index (χ3n) is 3.03. The van der Waals surface area contributed by atoms with Crippen LogP contribution in [0.5, 0.6) is 0 Å². The Morgan fingerprint density at radius 1 is 0.955 bits per heavy atom. The Bertz CT molecular complexity index is 697. The number of benzene rings is 1. The molecule has 0 amide bonds. The smallest absolute Gasteiger partial charge is 0.233 e. The fourth-order valence-corrected chi connectivity index (χ4v) is 2.97. The first-order valence-corrected chi connectivity index (χ1v) is 8.88. The van der Waals surface area contributed by atoms with Crippen LogP contribution in [0.3, 0.4) is 0 Å². The molecule has 0 saturated heterocycles. The van der Waals surface area contributed by atoms with Gasteiger partial charge in [-0.25, -0.2) is 8.42 Å². The zero-order valence-electron chi connectivity index (χ0n) is 12.7. The van der Waals surface area contributed by atoms with Crippen LogP contribution >= 0.6 is 0 Å². The standard InChI is InChI=1S/C15H20N4O2S/c1-3-11-22(20,21)19-15-10-9-14(17-18-15)16-13-7-5-12(4-2)6-8-13/h5-10H,3-4,11H2,1-2H3,(H,16,17)(H,18,19). The van der Waals surface area contributed by atoms with E-state index in [4.69, 9.17) is 0 Å². The average Bonchev–Trinajstić information content (AvgIpc) is 2.49. The first kappa shape index (κ1) is 16.2. The monoisotopic (exact) mass is 320 g/mol. The van der Waals surface area contributed by atoms with Gasteiger partial charge in [-0.15, -0.1) is 10.2 Å². The molecule has 0 aliphatic heterocycles. The summed E-state index contributed by atoms with van der Waals surface area (Å²) in [6.07, 6.45) is 1.54. The first-order valence-electron chi connectivity index (χ1n) is 7.22. The number of sulfonamides is 1. The maximum absolute atomic E-state index is 11.6. The average molecular weight is 320 g/mol. The molecule has 0 radical (unpaired) electrons. The summed E-state index contributed by atoms with van der Waals surface area (Å²) in [6.45, 7) is 3.91. The molecule has 0 spiro atoms. The second-order valence-corrected chi connectivity index (χ2v) is 6.74. The minimum Gasteiger partial charge on any atom is -0.339 e. The lowest BCUT2D eigenvalue weighted by Crippen LogP contribution is -2.17. The van der Waals surface area contributed by atoms with E-state index in [1.165, 1.54) is 5.56 Å². The minimum atomic E-state index is -3.34. The van der Waals surface area contributed by atoms with Crippen molar-refractivity contribution in [1.82, 2.24) is 10.2 Å². The Morgan fingerprint density at radius 2 is 1.59 bits per heavy atom. The van der Waals surface area contributed by atoms with Gasteiger partial charge in [0.15, 0.2) is 11.6 Å². The second kappa shape index (κ2) is 7.22. The Hall–Kier alpha value is -2.15. The van der Waals surface area contributed by atoms with Crippen LogP contribution < -0.4 is 10.0 Å². The highest BCUT2D eigenvalue weighted by molar-refractivity contribution is 7.92. The summed E-state index contributed by atoms with van der Waals surface area (Å²) in [5.41, 5.74) is 2.17. The van der Waals surface area contributed by atoms with Crippen LogP contribution in [-0.2, 0) is 16.4 Å². The van der Waals surface area contributed by atoms with Crippen LogP contribution in [0, 0.1) is 0 Å². The van der Waals surface area contributed by atoms with Crippen molar-refractivity contribution in [2.24, 2.45) is 0 Å². The molecule has 0 fully saturated rings. The molecule has 0 bridgehead atoms. The summed E-state index contributed by atoms with van der Waals surface area (Å²) in [4.78, 5) is 0. The van der Waals surface area contributed by atoms with Gasteiger partial charge in [-0.2, -0.15) is 0 Å². The molecule has 0 atom stereocenters. The number of nitrogens with zero attached hydrogens (tertiary/aromatic N) is 2. The van der Waals surface area contributed by atoms with E-state index in [1.807, 2.05) is 31.2 Å². The largest absolute Gasteiger partial charge is 0.339 e. The predicted molar refractivity (Wildman–Crippen MR) is 88.8 cm³/mol. The Labute approximate surface area is 131 Å². The SMILES string of the molecule is CCCS(=O)(=O)Nc1ccc(Nc2ccc(CC)cc2)nn1. The third-order valence-corrected chi connectivity index (χ3v) is 4.50. The van der Waals surface area contributed by atoms with E-state index in [1.54, 1.807) is 12.1 Å². The summed E-state index contributed by atoms with van der Waals surface area (Å²) in [5.74, 6) is 0.848. The highest BCUT2D eigenvalue weighted by atomic mass is 32.2. The van der Waals surface area contributed by atoms with Crippen molar-refractivity contribution in [3.05, 3.63) is 42.0 Å². The predicted octanol–water partition coefficient (Wildman–Crippen LogP) is 2.93. The van der Waals surface area contributed by atoms with Crippen molar-refractivity contribution in [2.75, 3.05) is 15.8 Å². The van der Waals surface area contributed by atoms with Crippen LogP contribution in [0.2, 0.25) is 0 Å². The summed E-state index contributed by atoms with van der Waals surface area (Å²) in [6, 6.07) is 11.3. The van der Waals surface area contributed by atoms with Gasteiger partial charge in [0.25, 0.3) is 0 Å². The summed E-state index contributed by atoms with van der Waals surface area (Å²) in [5, 5.41) is 11.0. The molecule has 0 unspecified atom stereocenters. The minimum absolute atomic E-state index is 0.0679. The highest BCUT2D eigenvalue weighted by Crippen LogP contribution is 2.16. The summed E-state index contributed by atoms with van der Waals surface area (Å²) < 4.78 is 25.7. The molecule has 1 heterocycles. The fraction of sp³-hybridized carbons (Fsp3) is 0.333. The molecule has 1 aromatic heterocycles. The van der Waals surface area contributed by atoms with Gasteiger partial charge in [0.1, 0.15) is 0 Å². The molecule has 118 valence electrons. The second-order valence-electron chi connectivity index (χ2n) is 4.90. The van der Waals surface area contributed by atoms with E-state index in [9.17, 15) is 8.42 Å². The van der Waals surface area contributed by atoms with Crippen molar-refractivity contribution < 1.29 is 8.42 Å². The van der Waals surface area contributed by atoms with Crippen molar-refractivity contribution in [1.29, 1.82) is 0 Å². The van der Waals surface area contributed by atoms with Gasteiger partial charge in [0.2, 0.25) is 10.0 Å². The number of hydrogen-bond acceptors (Lipinski definition) is 5. The van der Waals surface area contributed by atoms with Gasteiger partial charge < -0.3 is 5.32 Å². The van der Waals surface area contributed by atoms with Crippen molar-refractivity contribution >= 4 is 27.3 Å². The number of rotatable bonds is 7. The number of nitrogens with one attached hydrogen (secondary N) is 2. The summed E-state index contributed by atoms with van der Waals surface area (Å²) in [7, 11) is -3.34. The van der Waals surface area contributed by atoms with Crippen LogP contribution in [-0.4, -0.2) is 24.4 Å². The normalized spacial score (nSPS) is 11.2. The number of aryl methyl sites for hydroxylation is 1. The fourth-order valence-electron chi connectivity index (χ4n) is 1.90. The number of aromatic nitrogens is 2. The molecular weight excluding hydrogens is 300 g/mol. The molecule has 0 aliphatic carbocycles. The molecular formula is C15H20N4O2S. The van der Waals surface area contributed by atoms with Gasteiger partial charge in [-0.1, -0.05) is 26.0 Å². The van der Waals surface area contributed by atoms with E-state index >= 15 is 0 Å². The van der Waals surface area contributed by atoms with Crippen LogP contribution in [0.25, 0.3) is 0 Å². The van der Waals surface area contributed by atoms with Gasteiger partial charge >= 0.3 is 0 Å². The van der Waals surface area contributed by atoms with Gasteiger partial charge in [-0.3, -0.25) is 4.72 Å². The molecule has 7 heteroatoms. The Kier molecular flexibility index (Phi) is 5.32. The number of hydrogen-bond donors (Lipinski definition) is 2. The number of anilines is 3. The first-order chi connectivity index (χ1) is 10.5. The van der Waals surface area contributed by atoms with Crippen LogP contribution in [0.4, 0.5) is 17.3 Å². The van der Waals surface area contributed by atoms with E-state index in [0.29, 0.717) is 12.2 Å². The van der Waals surface area contributed by atoms with Crippen molar-refractivity contribution in [2.45, 2.75) is 26.7 Å². The highest BCUT2D eigenvalue weighted by Gasteiger charge is 2.09. The zero-order chi connectivity index (χ0) is 16.0. The van der Waals surface area contributed by atoms with E-state index in [-0.39, 0.29) is 11.6 Å². The molecule has 6 nitrogen and oxygen atoms in total. The third kappa shape index (κ3) is 4.70. The molecule has 0 saturated carbocycles. The van der Waals surface area contributed by atoms with Gasteiger partial charge in [0, 0.05) is 5.69 Å². The lowest BCUT2D eigenvalue weighted by Gasteiger charge is -2.08.